The van der Waals surface area contributed by atoms with Crippen LogP contribution in [0.5, 0.6) is 0 Å². The lowest BCUT2D eigenvalue weighted by molar-refractivity contribution is 0.553. The summed E-state index contributed by atoms with van der Waals surface area (Å²) < 4.78 is 18.1. The highest BCUT2D eigenvalue weighted by molar-refractivity contribution is 9.10. The quantitative estimate of drug-likeness (QED) is 0.666. The molecule has 0 radical (unpaired) electrons. The van der Waals surface area contributed by atoms with E-state index in [-0.39, 0.29) is 5.58 Å². The van der Waals surface area contributed by atoms with Crippen LogP contribution in [0.3, 0.4) is 0 Å². The Labute approximate surface area is 81.1 Å². The first kappa shape index (κ1) is 8.44. The Morgan fingerprint density at radius 3 is 2.85 bits per heavy atom. The third-order valence-corrected chi connectivity index (χ3v) is 2.31. The zero-order valence-electron chi connectivity index (χ0n) is 6.38. The number of benzene rings is 1. The summed E-state index contributed by atoms with van der Waals surface area (Å²) in [4.78, 5) is 10.9. The molecule has 0 saturated carbocycles. The standard InChI is InChI=1S/C9H4BrFO2/c10-7-4-9(12)13-8-3-5(11)1-2-6(7)8/h1-4H. The van der Waals surface area contributed by atoms with E-state index in [9.17, 15) is 9.18 Å². The number of halogens is 2. The number of fused-ring (bicyclic) bond motifs is 1. The van der Waals surface area contributed by atoms with Gasteiger partial charge in [0.15, 0.2) is 0 Å². The largest absolute Gasteiger partial charge is 0.423 e. The summed E-state index contributed by atoms with van der Waals surface area (Å²) in [5, 5.41) is 0.681. The monoisotopic (exact) mass is 242 g/mol. The van der Waals surface area contributed by atoms with Crippen LogP contribution in [0.2, 0.25) is 0 Å². The Bertz CT molecular complexity index is 518. The van der Waals surface area contributed by atoms with E-state index in [0.717, 1.165) is 0 Å². The zero-order valence-corrected chi connectivity index (χ0v) is 7.97. The predicted octanol–water partition coefficient (Wildman–Crippen LogP) is 2.69. The fourth-order valence-corrected chi connectivity index (χ4v) is 1.61. The third kappa shape index (κ3) is 1.49. The van der Waals surface area contributed by atoms with Crippen molar-refractivity contribution < 1.29 is 8.81 Å². The molecule has 1 aromatic heterocycles. The van der Waals surface area contributed by atoms with Crippen molar-refractivity contribution in [3.63, 3.8) is 0 Å². The molecule has 0 spiro atoms. The van der Waals surface area contributed by atoms with Gasteiger partial charge in [0.25, 0.3) is 0 Å². The van der Waals surface area contributed by atoms with Gasteiger partial charge in [-0.1, -0.05) is 0 Å². The first-order chi connectivity index (χ1) is 6.16. The van der Waals surface area contributed by atoms with Gasteiger partial charge in [-0.25, -0.2) is 9.18 Å². The SMILES string of the molecule is O=c1cc(Br)c2ccc(F)cc2o1. The van der Waals surface area contributed by atoms with Gasteiger partial charge >= 0.3 is 5.63 Å². The molecule has 0 saturated heterocycles. The maximum absolute atomic E-state index is 12.7. The molecule has 4 heteroatoms. The van der Waals surface area contributed by atoms with Gasteiger partial charge in [0.2, 0.25) is 0 Å². The second-order valence-electron chi connectivity index (χ2n) is 2.55. The Balaban J connectivity index is 2.94. The van der Waals surface area contributed by atoms with E-state index in [2.05, 4.69) is 15.9 Å². The fraction of sp³-hybridized carbons (Fsp3) is 0. The third-order valence-electron chi connectivity index (χ3n) is 1.66. The molecule has 0 unspecified atom stereocenters. The average Bonchev–Trinajstić information content (AvgIpc) is 2.02. The molecule has 66 valence electrons. The van der Waals surface area contributed by atoms with Gasteiger partial charge in [0.1, 0.15) is 11.4 Å². The van der Waals surface area contributed by atoms with Crippen LogP contribution in [-0.2, 0) is 0 Å². The van der Waals surface area contributed by atoms with Crippen LogP contribution in [0.15, 0.2) is 37.9 Å². The van der Waals surface area contributed by atoms with Crippen molar-refractivity contribution in [1.82, 2.24) is 0 Å². The van der Waals surface area contributed by atoms with Crippen LogP contribution in [0, 0.1) is 5.82 Å². The minimum absolute atomic E-state index is 0.249. The minimum Gasteiger partial charge on any atom is -0.423 e. The summed E-state index contributed by atoms with van der Waals surface area (Å²) in [6.07, 6.45) is 0. The topological polar surface area (TPSA) is 30.2 Å². The highest BCUT2D eigenvalue weighted by atomic mass is 79.9. The summed E-state index contributed by atoms with van der Waals surface area (Å²) in [5.41, 5.74) is -0.246. The second-order valence-corrected chi connectivity index (χ2v) is 3.41. The molecule has 0 aliphatic carbocycles. The van der Waals surface area contributed by atoms with Gasteiger partial charge in [-0.2, -0.15) is 0 Å². The summed E-state index contributed by atoms with van der Waals surface area (Å²) in [5.74, 6) is -0.422. The molecule has 0 N–H and O–H groups in total. The van der Waals surface area contributed by atoms with Crippen LogP contribution < -0.4 is 5.63 Å². The summed E-state index contributed by atoms with van der Waals surface area (Å²) in [6.45, 7) is 0. The van der Waals surface area contributed by atoms with E-state index >= 15 is 0 Å². The molecule has 0 amide bonds. The van der Waals surface area contributed by atoms with Gasteiger partial charge < -0.3 is 4.42 Å². The van der Waals surface area contributed by atoms with Crippen molar-refractivity contribution in [2.45, 2.75) is 0 Å². The van der Waals surface area contributed by atoms with Crippen LogP contribution >= 0.6 is 15.9 Å². The lowest BCUT2D eigenvalue weighted by Crippen LogP contribution is -1.96. The zero-order chi connectivity index (χ0) is 9.42. The molecule has 0 bridgehead atoms. The van der Waals surface area contributed by atoms with Gasteiger partial charge in [-0.3, -0.25) is 0 Å². The smallest absolute Gasteiger partial charge is 0.337 e. The Hall–Kier alpha value is -1.16. The van der Waals surface area contributed by atoms with Crippen molar-refractivity contribution in [2.24, 2.45) is 0 Å². The molecule has 13 heavy (non-hydrogen) atoms. The molecule has 0 atom stereocenters. The highest BCUT2D eigenvalue weighted by Gasteiger charge is 2.03. The molecule has 0 fully saturated rings. The van der Waals surface area contributed by atoms with Crippen LogP contribution in [0.25, 0.3) is 11.0 Å². The summed E-state index contributed by atoms with van der Waals surface area (Å²) in [6, 6.07) is 5.35. The lowest BCUT2D eigenvalue weighted by Gasteiger charge is -1.97. The molecule has 1 heterocycles. The average molecular weight is 243 g/mol. The Kier molecular flexibility index (Phi) is 1.92. The molecule has 2 aromatic rings. The van der Waals surface area contributed by atoms with Crippen LogP contribution in [0.1, 0.15) is 0 Å². The predicted molar refractivity (Wildman–Crippen MR) is 50.1 cm³/mol. The second kappa shape index (κ2) is 2.96. The van der Waals surface area contributed by atoms with E-state index in [4.69, 9.17) is 4.42 Å². The van der Waals surface area contributed by atoms with Crippen molar-refractivity contribution in [2.75, 3.05) is 0 Å². The Morgan fingerprint density at radius 1 is 1.31 bits per heavy atom. The molecule has 0 aliphatic heterocycles. The summed E-state index contributed by atoms with van der Waals surface area (Å²) in [7, 11) is 0. The maximum Gasteiger partial charge on any atom is 0.337 e. The highest BCUT2D eigenvalue weighted by Crippen LogP contribution is 2.22. The van der Waals surface area contributed by atoms with Crippen LogP contribution in [-0.4, -0.2) is 0 Å². The van der Waals surface area contributed by atoms with E-state index in [1.165, 1.54) is 18.2 Å². The Morgan fingerprint density at radius 2 is 2.08 bits per heavy atom. The molecule has 2 nitrogen and oxygen atoms in total. The van der Waals surface area contributed by atoms with Crippen molar-refractivity contribution in [3.8, 4) is 0 Å². The van der Waals surface area contributed by atoms with E-state index in [1.54, 1.807) is 6.07 Å². The molecule has 0 aliphatic rings. The lowest BCUT2D eigenvalue weighted by atomic mass is 10.2. The maximum atomic E-state index is 12.7. The van der Waals surface area contributed by atoms with Gasteiger partial charge in [0.05, 0.1) is 0 Å². The minimum atomic E-state index is -0.495. The first-order valence-electron chi connectivity index (χ1n) is 3.56. The number of hydrogen-bond donors (Lipinski definition) is 0. The number of hydrogen-bond acceptors (Lipinski definition) is 2. The van der Waals surface area contributed by atoms with E-state index < -0.39 is 11.4 Å². The van der Waals surface area contributed by atoms with E-state index in [0.29, 0.717) is 9.86 Å². The van der Waals surface area contributed by atoms with Crippen molar-refractivity contribution in [3.05, 3.63) is 45.0 Å². The number of rotatable bonds is 0. The van der Waals surface area contributed by atoms with Crippen molar-refractivity contribution in [1.29, 1.82) is 0 Å². The molecular weight excluding hydrogens is 239 g/mol. The van der Waals surface area contributed by atoms with Gasteiger partial charge in [-0.15, -0.1) is 0 Å². The first-order valence-corrected chi connectivity index (χ1v) is 4.35. The molecular formula is C9H4BrFO2. The summed E-state index contributed by atoms with van der Waals surface area (Å²) >= 11 is 3.19. The fourth-order valence-electron chi connectivity index (χ4n) is 1.10. The van der Waals surface area contributed by atoms with Gasteiger partial charge in [0, 0.05) is 22.0 Å². The van der Waals surface area contributed by atoms with E-state index in [1.807, 2.05) is 0 Å². The molecule has 2 rings (SSSR count). The van der Waals surface area contributed by atoms with Gasteiger partial charge in [-0.05, 0) is 28.1 Å². The molecule has 1 aromatic carbocycles. The van der Waals surface area contributed by atoms with Crippen LogP contribution in [0.4, 0.5) is 4.39 Å². The van der Waals surface area contributed by atoms with Crippen molar-refractivity contribution >= 4 is 26.9 Å². The normalized spacial score (nSPS) is 10.6.